The van der Waals surface area contributed by atoms with Crippen LogP contribution in [-0.2, 0) is 0 Å². The highest BCUT2D eigenvalue weighted by Gasteiger charge is 2.08. The minimum Gasteiger partial charge on any atom is -0.329 e. The van der Waals surface area contributed by atoms with Crippen LogP contribution in [0, 0.1) is 5.82 Å². The minimum atomic E-state index is -0.261. The fraction of sp³-hybridized carbons (Fsp3) is 0.214. The van der Waals surface area contributed by atoms with Gasteiger partial charge in [-0.3, -0.25) is 0 Å². The molecule has 0 radical (unpaired) electrons. The van der Waals surface area contributed by atoms with Crippen LogP contribution in [-0.4, -0.2) is 12.0 Å². The smallest absolute Gasteiger partial charge is 0.132 e. The van der Waals surface area contributed by atoms with Gasteiger partial charge in [-0.2, -0.15) is 0 Å². The van der Waals surface area contributed by atoms with Crippen molar-refractivity contribution in [3.05, 3.63) is 54.0 Å². The summed E-state index contributed by atoms with van der Waals surface area (Å²) in [5.41, 5.74) is 7.60. The van der Waals surface area contributed by atoms with Gasteiger partial charge >= 0.3 is 0 Å². The van der Waals surface area contributed by atoms with Crippen molar-refractivity contribution in [1.29, 1.82) is 0 Å². The Hall–Kier alpha value is -1.94. The van der Waals surface area contributed by atoms with Gasteiger partial charge in [0.25, 0.3) is 0 Å². The van der Waals surface area contributed by atoms with Crippen LogP contribution in [0.1, 0.15) is 18.5 Å². The third kappa shape index (κ3) is 2.65. The third-order valence-electron chi connectivity index (χ3n) is 2.83. The standard InChI is InChI=1S/C14H16FN3/c1-10(16)11-6-7-17-14(8-11)18(2)13-5-3-4-12(15)9-13/h3-10H,16H2,1-2H3/t10-/m0/s1. The summed E-state index contributed by atoms with van der Waals surface area (Å²) in [5, 5.41) is 0. The lowest BCUT2D eigenvalue weighted by Gasteiger charge is -2.19. The zero-order valence-electron chi connectivity index (χ0n) is 10.5. The first-order chi connectivity index (χ1) is 8.58. The summed E-state index contributed by atoms with van der Waals surface area (Å²) in [6, 6.07) is 10.2. The van der Waals surface area contributed by atoms with Crippen LogP contribution in [0.4, 0.5) is 15.9 Å². The van der Waals surface area contributed by atoms with Crippen molar-refractivity contribution < 1.29 is 4.39 Å². The van der Waals surface area contributed by atoms with Gasteiger partial charge in [0.15, 0.2) is 0 Å². The lowest BCUT2D eigenvalue weighted by Crippen LogP contribution is -2.13. The van der Waals surface area contributed by atoms with Crippen molar-refractivity contribution in [3.63, 3.8) is 0 Å². The van der Waals surface area contributed by atoms with Crippen LogP contribution >= 0.6 is 0 Å². The number of nitrogens with two attached hydrogens (primary N) is 1. The monoisotopic (exact) mass is 245 g/mol. The Bertz CT molecular complexity index is 540. The van der Waals surface area contributed by atoms with E-state index in [1.54, 1.807) is 12.3 Å². The minimum absolute atomic E-state index is 0.0485. The zero-order valence-corrected chi connectivity index (χ0v) is 10.5. The summed E-state index contributed by atoms with van der Waals surface area (Å²) in [4.78, 5) is 6.10. The Kier molecular flexibility index (Phi) is 3.58. The largest absolute Gasteiger partial charge is 0.329 e. The van der Waals surface area contributed by atoms with Crippen LogP contribution in [0.3, 0.4) is 0 Å². The SMILES string of the molecule is C[C@H](N)c1ccnc(N(C)c2cccc(F)c2)c1. The topological polar surface area (TPSA) is 42.1 Å². The molecule has 0 amide bonds. The van der Waals surface area contributed by atoms with Gasteiger partial charge in [-0.05, 0) is 42.8 Å². The van der Waals surface area contributed by atoms with E-state index in [1.165, 1.54) is 12.1 Å². The summed E-state index contributed by atoms with van der Waals surface area (Å²) in [6.07, 6.45) is 1.71. The molecule has 0 aliphatic carbocycles. The van der Waals surface area contributed by atoms with E-state index >= 15 is 0 Å². The van der Waals surface area contributed by atoms with E-state index in [0.717, 1.165) is 17.1 Å². The molecule has 0 aliphatic heterocycles. The number of nitrogens with zero attached hydrogens (tertiary/aromatic N) is 2. The van der Waals surface area contributed by atoms with Crippen LogP contribution in [0.5, 0.6) is 0 Å². The second-order valence-corrected chi connectivity index (χ2v) is 4.27. The zero-order chi connectivity index (χ0) is 13.1. The van der Waals surface area contributed by atoms with Crippen molar-refractivity contribution in [2.45, 2.75) is 13.0 Å². The van der Waals surface area contributed by atoms with Gasteiger partial charge in [-0.1, -0.05) is 6.07 Å². The second-order valence-electron chi connectivity index (χ2n) is 4.27. The fourth-order valence-corrected chi connectivity index (χ4v) is 1.72. The van der Waals surface area contributed by atoms with Crippen molar-refractivity contribution in [2.24, 2.45) is 5.73 Å². The second kappa shape index (κ2) is 5.14. The van der Waals surface area contributed by atoms with Crippen molar-refractivity contribution in [3.8, 4) is 0 Å². The lowest BCUT2D eigenvalue weighted by atomic mass is 10.1. The average molecular weight is 245 g/mol. The molecule has 4 heteroatoms. The molecule has 94 valence electrons. The maximum Gasteiger partial charge on any atom is 0.132 e. The number of anilines is 2. The van der Waals surface area contributed by atoms with Gasteiger partial charge in [0.2, 0.25) is 0 Å². The molecule has 1 heterocycles. The predicted octanol–water partition coefficient (Wildman–Crippen LogP) is 3.01. The van der Waals surface area contributed by atoms with E-state index in [4.69, 9.17) is 5.73 Å². The fourth-order valence-electron chi connectivity index (χ4n) is 1.72. The number of hydrogen-bond acceptors (Lipinski definition) is 3. The van der Waals surface area contributed by atoms with E-state index in [-0.39, 0.29) is 11.9 Å². The van der Waals surface area contributed by atoms with Gasteiger partial charge in [-0.15, -0.1) is 0 Å². The summed E-state index contributed by atoms with van der Waals surface area (Å²) in [7, 11) is 1.85. The molecule has 1 aromatic carbocycles. The third-order valence-corrected chi connectivity index (χ3v) is 2.83. The average Bonchev–Trinajstić information content (AvgIpc) is 2.38. The molecule has 0 aliphatic rings. The van der Waals surface area contributed by atoms with Crippen LogP contribution in [0.2, 0.25) is 0 Å². The molecule has 1 atom stereocenters. The first-order valence-electron chi connectivity index (χ1n) is 5.79. The molecule has 0 fully saturated rings. The number of aromatic nitrogens is 1. The van der Waals surface area contributed by atoms with E-state index in [0.29, 0.717) is 0 Å². The molecule has 2 aromatic rings. The van der Waals surface area contributed by atoms with Gasteiger partial charge in [0.1, 0.15) is 11.6 Å². The molecule has 3 nitrogen and oxygen atoms in total. The molecule has 0 bridgehead atoms. The number of rotatable bonds is 3. The van der Waals surface area contributed by atoms with E-state index in [1.807, 2.05) is 37.1 Å². The number of benzene rings is 1. The first-order valence-corrected chi connectivity index (χ1v) is 5.79. The normalized spacial score (nSPS) is 12.2. The van der Waals surface area contributed by atoms with Crippen LogP contribution in [0.25, 0.3) is 0 Å². The molecule has 2 N–H and O–H groups in total. The maximum absolute atomic E-state index is 13.2. The van der Waals surface area contributed by atoms with Gasteiger partial charge in [-0.25, -0.2) is 9.37 Å². The molecule has 0 saturated carbocycles. The molecule has 18 heavy (non-hydrogen) atoms. The van der Waals surface area contributed by atoms with E-state index in [2.05, 4.69) is 4.98 Å². The van der Waals surface area contributed by atoms with E-state index in [9.17, 15) is 4.39 Å². The van der Waals surface area contributed by atoms with Crippen LogP contribution in [0.15, 0.2) is 42.6 Å². The molecule has 0 unspecified atom stereocenters. The van der Waals surface area contributed by atoms with Crippen molar-refractivity contribution in [2.75, 3.05) is 11.9 Å². The highest BCUT2D eigenvalue weighted by molar-refractivity contribution is 5.59. The lowest BCUT2D eigenvalue weighted by molar-refractivity contribution is 0.628. The number of pyridine rings is 1. The van der Waals surface area contributed by atoms with Gasteiger partial charge in [0.05, 0.1) is 0 Å². The van der Waals surface area contributed by atoms with E-state index < -0.39 is 0 Å². The van der Waals surface area contributed by atoms with Crippen molar-refractivity contribution >= 4 is 11.5 Å². The molecule has 1 aromatic heterocycles. The Morgan fingerprint density at radius 1 is 1.28 bits per heavy atom. The highest BCUT2D eigenvalue weighted by atomic mass is 19.1. The van der Waals surface area contributed by atoms with Crippen LogP contribution < -0.4 is 10.6 Å². The number of hydrogen-bond donors (Lipinski definition) is 1. The quantitative estimate of drug-likeness (QED) is 0.903. The van der Waals surface area contributed by atoms with Crippen molar-refractivity contribution in [1.82, 2.24) is 4.98 Å². The Balaban J connectivity index is 2.33. The molecule has 0 saturated heterocycles. The summed E-state index contributed by atoms with van der Waals surface area (Å²) < 4.78 is 13.2. The summed E-state index contributed by atoms with van der Waals surface area (Å²) in [5.74, 6) is 0.484. The van der Waals surface area contributed by atoms with Gasteiger partial charge in [0, 0.05) is 25.0 Å². The Labute approximate surface area is 106 Å². The maximum atomic E-state index is 13.2. The molecule has 0 spiro atoms. The summed E-state index contributed by atoms with van der Waals surface area (Å²) in [6.45, 7) is 1.92. The molecular weight excluding hydrogens is 229 g/mol. The summed E-state index contributed by atoms with van der Waals surface area (Å²) >= 11 is 0. The van der Waals surface area contributed by atoms with Gasteiger partial charge < -0.3 is 10.6 Å². The first kappa shape index (κ1) is 12.5. The highest BCUT2D eigenvalue weighted by Crippen LogP contribution is 2.23. The molecule has 2 rings (SSSR count). The molecular formula is C14H16FN3. The number of halogens is 1. The predicted molar refractivity (Wildman–Crippen MR) is 71.3 cm³/mol. The Morgan fingerprint density at radius 3 is 2.72 bits per heavy atom. The Morgan fingerprint density at radius 2 is 2.06 bits per heavy atom.